The summed E-state index contributed by atoms with van der Waals surface area (Å²) in [6, 6.07) is 5.15. The van der Waals surface area contributed by atoms with E-state index >= 15 is 0 Å². The minimum atomic E-state index is -0.209. The molecule has 2 atom stereocenters. The number of ether oxygens (including phenoxy) is 1. The summed E-state index contributed by atoms with van der Waals surface area (Å²) in [6.07, 6.45) is 2.53. The molecule has 112 valence electrons. The van der Waals surface area contributed by atoms with Gasteiger partial charge in [0.2, 0.25) is 0 Å². The van der Waals surface area contributed by atoms with E-state index in [1.54, 1.807) is 12.1 Å². The molecule has 5 nitrogen and oxygen atoms in total. The first-order valence-electron chi connectivity index (χ1n) is 7.18. The van der Waals surface area contributed by atoms with E-state index in [2.05, 4.69) is 31.1 Å². The van der Waals surface area contributed by atoms with Gasteiger partial charge in [-0.3, -0.25) is 4.79 Å². The van der Waals surface area contributed by atoms with Gasteiger partial charge in [0.1, 0.15) is 11.8 Å². The second-order valence-electron chi connectivity index (χ2n) is 6.46. The number of aromatic nitrogens is 1. The molecule has 1 N–H and O–H groups in total. The molecular formula is C16H21N3O2. The topological polar surface area (TPSA) is 75.0 Å². The van der Waals surface area contributed by atoms with Gasteiger partial charge in [0.05, 0.1) is 11.7 Å². The molecule has 1 aliphatic heterocycles. The van der Waals surface area contributed by atoms with Gasteiger partial charge >= 0.3 is 0 Å². The Morgan fingerprint density at radius 3 is 2.86 bits per heavy atom. The third kappa shape index (κ3) is 3.79. The zero-order valence-corrected chi connectivity index (χ0v) is 12.7. The van der Waals surface area contributed by atoms with Crippen molar-refractivity contribution in [3.8, 4) is 6.07 Å². The van der Waals surface area contributed by atoms with Crippen LogP contribution in [0.4, 0.5) is 0 Å². The molecular weight excluding hydrogens is 266 g/mol. The predicted octanol–water partition coefficient (Wildman–Crippen LogP) is 2.13. The largest absolute Gasteiger partial charge is 0.377 e. The van der Waals surface area contributed by atoms with Crippen LogP contribution in [0.2, 0.25) is 0 Å². The van der Waals surface area contributed by atoms with Crippen molar-refractivity contribution in [2.45, 2.75) is 33.3 Å². The maximum Gasteiger partial charge on any atom is 0.269 e. The highest BCUT2D eigenvalue weighted by atomic mass is 16.5. The molecule has 2 heterocycles. The lowest BCUT2D eigenvalue weighted by Gasteiger charge is -2.31. The predicted molar refractivity (Wildman–Crippen MR) is 78.6 cm³/mol. The standard InChI is InChI=1S/C16H21N3O2/c1-16(2,3)14-12(6-7-21-14)10-19-15(20)13-5-4-11(8-17)9-18-13/h4-5,9,12,14H,6-7,10H2,1-3H3,(H,19,20)/t12-,14+/m1/s1. The van der Waals surface area contributed by atoms with Crippen LogP contribution >= 0.6 is 0 Å². The molecule has 0 radical (unpaired) electrons. The Morgan fingerprint density at radius 1 is 1.52 bits per heavy atom. The summed E-state index contributed by atoms with van der Waals surface area (Å²) in [7, 11) is 0. The molecule has 1 aromatic rings. The normalized spacial score (nSPS) is 21.8. The van der Waals surface area contributed by atoms with Crippen molar-refractivity contribution in [2.24, 2.45) is 11.3 Å². The van der Waals surface area contributed by atoms with Crippen LogP contribution in [-0.4, -0.2) is 30.1 Å². The lowest BCUT2D eigenvalue weighted by Crippen LogP contribution is -2.38. The van der Waals surface area contributed by atoms with Crippen LogP contribution in [0.1, 0.15) is 43.2 Å². The maximum absolute atomic E-state index is 12.1. The Balaban J connectivity index is 1.93. The van der Waals surface area contributed by atoms with Crippen molar-refractivity contribution in [3.63, 3.8) is 0 Å². The summed E-state index contributed by atoms with van der Waals surface area (Å²) < 4.78 is 5.80. The minimum absolute atomic E-state index is 0.0680. The first-order valence-corrected chi connectivity index (χ1v) is 7.18. The highest BCUT2D eigenvalue weighted by Crippen LogP contribution is 2.34. The number of carbonyl (C=O) groups is 1. The number of hydrogen-bond donors (Lipinski definition) is 1. The van der Waals surface area contributed by atoms with Gasteiger partial charge in [-0.15, -0.1) is 0 Å². The molecule has 1 saturated heterocycles. The Bertz CT molecular complexity index is 540. The van der Waals surface area contributed by atoms with Crippen LogP contribution in [0.5, 0.6) is 0 Å². The summed E-state index contributed by atoms with van der Waals surface area (Å²) in [5.74, 6) is 0.117. The summed E-state index contributed by atoms with van der Waals surface area (Å²) >= 11 is 0. The van der Waals surface area contributed by atoms with Gasteiger partial charge in [0, 0.05) is 25.3 Å². The summed E-state index contributed by atoms with van der Waals surface area (Å²) in [5.41, 5.74) is 0.849. The van der Waals surface area contributed by atoms with E-state index in [4.69, 9.17) is 10.00 Å². The first kappa shape index (κ1) is 15.5. The quantitative estimate of drug-likeness (QED) is 0.924. The van der Waals surface area contributed by atoms with Crippen molar-refractivity contribution in [3.05, 3.63) is 29.6 Å². The van der Waals surface area contributed by atoms with Crippen LogP contribution in [-0.2, 0) is 4.74 Å². The molecule has 1 fully saturated rings. The first-order chi connectivity index (χ1) is 9.91. The second-order valence-corrected chi connectivity index (χ2v) is 6.46. The zero-order chi connectivity index (χ0) is 15.5. The van der Waals surface area contributed by atoms with Gasteiger partial charge in [-0.25, -0.2) is 4.98 Å². The Morgan fingerprint density at radius 2 is 2.29 bits per heavy atom. The molecule has 0 aliphatic carbocycles. The molecule has 1 aromatic heterocycles. The van der Waals surface area contributed by atoms with Crippen molar-refractivity contribution in [2.75, 3.05) is 13.2 Å². The molecule has 1 amide bonds. The van der Waals surface area contributed by atoms with Gasteiger partial charge in [-0.2, -0.15) is 5.26 Å². The fourth-order valence-corrected chi connectivity index (χ4v) is 2.71. The van der Waals surface area contributed by atoms with Crippen molar-refractivity contribution < 1.29 is 9.53 Å². The number of hydrogen-bond acceptors (Lipinski definition) is 4. The van der Waals surface area contributed by atoms with E-state index in [-0.39, 0.29) is 17.4 Å². The smallest absolute Gasteiger partial charge is 0.269 e. The van der Waals surface area contributed by atoms with E-state index < -0.39 is 0 Å². The lowest BCUT2D eigenvalue weighted by molar-refractivity contribution is 0.00736. The molecule has 2 rings (SSSR count). The monoisotopic (exact) mass is 287 g/mol. The molecule has 0 aromatic carbocycles. The number of pyridine rings is 1. The number of amides is 1. The number of nitrogens with one attached hydrogen (secondary N) is 1. The molecule has 5 heteroatoms. The Kier molecular flexibility index (Phi) is 4.59. The molecule has 0 unspecified atom stereocenters. The Labute approximate surface area is 125 Å². The van der Waals surface area contributed by atoms with Crippen molar-refractivity contribution in [1.29, 1.82) is 5.26 Å². The molecule has 1 aliphatic rings. The van der Waals surface area contributed by atoms with Crippen LogP contribution in [0, 0.1) is 22.7 Å². The summed E-state index contributed by atoms with van der Waals surface area (Å²) in [5, 5.41) is 11.6. The number of nitrogens with zero attached hydrogens (tertiary/aromatic N) is 2. The summed E-state index contributed by atoms with van der Waals surface area (Å²) in [6.45, 7) is 7.79. The molecule has 21 heavy (non-hydrogen) atoms. The number of rotatable bonds is 3. The highest BCUT2D eigenvalue weighted by Gasteiger charge is 2.37. The van der Waals surface area contributed by atoms with Crippen molar-refractivity contribution >= 4 is 5.91 Å². The number of carbonyl (C=O) groups excluding carboxylic acids is 1. The maximum atomic E-state index is 12.1. The van der Waals surface area contributed by atoms with Crippen LogP contribution in [0.3, 0.4) is 0 Å². The van der Waals surface area contributed by atoms with Gasteiger partial charge < -0.3 is 10.1 Å². The van der Waals surface area contributed by atoms with Gasteiger partial charge in [0.25, 0.3) is 5.91 Å². The van der Waals surface area contributed by atoms with Crippen molar-refractivity contribution in [1.82, 2.24) is 10.3 Å². The summed E-state index contributed by atoms with van der Waals surface area (Å²) in [4.78, 5) is 16.1. The fraction of sp³-hybridized carbons (Fsp3) is 0.562. The average molecular weight is 287 g/mol. The van der Waals surface area contributed by atoms with Crippen LogP contribution in [0.25, 0.3) is 0 Å². The van der Waals surface area contributed by atoms with Crippen LogP contribution in [0.15, 0.2) is 18.3 Å². The Hall–Kier alpha value is -1.93. The zero-order valence-electron chi connectivity index (χ0n) is 12.7. The second kappa shape index (κ2) is 6.23. The minimum Gasteiger partial charge on any atom is -0.377 e. The highest BCUT2D eigenvalue weighted by molar-refractivity contribution is 5.92. The van der Waals surface area contributed by atoms with E-state index in [1.807, 2.05) is 6.07 Å². The number of nitriles is 1. The third-order valence-corrected chi connectivity index (χ3v) is 3.72. The fourth-order valence-electron chi connectivity index (χ4n) is 2.71. The third-order valence-electron chi connectivity index (χ3n) is 3.72. The lowest BCUT2D eigenvalue weighted by atomic mass is 9.81. The average Bonchev–Trinajstić information content (AvgIpc) is 2.93. The van der Waals surface area contributed by atoms with E-state index in [0.29, 0.717) is 23.7 Å². The molecule has 0 saturated carbocycles. The van der Waals surface area contributed by atoms with E-state index in [0.717, 1.165) is 13.0 Å². The van der Waals surface area contributed by atoms with Gasteiger partial charge in [0.15, 0.2) is 0 Å². The SMILES string of the molecule is CC(C)(C)[C@H]1OCC[C@@H]1CNC(=O)c1ccc(C#N)cn1. The van der Waals surface area contributed by atoms with Gasteiger partial charge in [-0.1, -0.05) is 20.8 Å². The van der Waals surface area contributed by atoms with E-state index in [1.165, 1.54) is 6.20 Å². The molecule has 0 spiro atoms. The van der Waals surface area contributed by atoms with Crippen LogP contribution < -0.4 is 5.32 Å². The van der Waals surface area contributed by atoms with Gasteiger partial charge in [-0.05, 0) is 24.0 Å². The van der Waals surface area contributed by atoms with E-state index in [9.17, 15) is 4.79 Å². The molecule has 0 bridgehead atoms.